The first-order chi connectivity index (χ1) is 5.36. The van der Waals surface area contributed by atoms with Crippen molar-refractivity contribution in [2.24, 2.45) is 0 Å². The molecule has 1 saturated heterocycles. The van der Waals surface area contributed by atoms with Gasteiger partial charge in [0.15, 0.2) is 0 Å². The van der Waals surface area contributed by atoms with Crippen LogP contribution in [0.4, 0.5) is 17.7 Å². The quantitative estimate of drug-likeness (QED) is 0.261. The molecule has 0 spiro atoms. The molecule has 1 heterocycles. The lowest BCUT2D eigenvalue weighted by Gasteiger charge is -2.14. The van der Waals surface area contributed by atoms with E-state index in [0.29, 0.717) is 0 Å². The molecule has 0 aromatic rings. The maximum Gasteiger partial charge on any atom is 0.421 e. The number of nitrogens with zero attached hydrogens (tertiary/aromatic N) is 1. The Morgan fingerprint density at radius 1 is 1.58 bits per heavy atom. The van der Waals surface area contributed by atoms with Crippen molar-refractivity contribution in [3.05, 3.63) is 0 Å². The van der Waals surface area contributed by atoms with E-state index < -0.39 is 29.4 Å². The van der Waals surface area contributed by atoms with Gasteiger partial charge in [-0.1, -0.05) is 0 Å². The summed E-state index contributed by atoms with van der Waals surface area (Å²) in [6.45, 7) is -0.983. The van der Waals surface area contributed by atoms with E-state index in [2.05, 4.69) is 4.74 Å². The van der Waals surface area contributed by atoms with Crippen molar-refractivity contribution in [2.75, 3.05) is 13.7 Å². The van der Waals surface area contributed by atoms with E-state index in [1.54, 1.807) is 0 Å². The normalized spacial score (nSPS) is 34.6. The molecule has 0 amide bonds. The van der Waals surface area contributed by atoms with Gasteiger partial charge in [0.05, 0.1) is 13.7 Å². The number of halogens is 4. The van der Waals surface area contributed by atoms with Gasteiger partial charge in [-0.05, 0) is 0 Å². The zero-order chi connectivity index (χ0) is 9.57. The summed E-state index contributed by atoms with van der Waals surface area (Å²) in [7, 11) is 0.780. The van der Waals surface area contributed by atoms with Crippen molar-refractivity contribution in [2.45, 2.75) is 11.7 Å². The smallest absolute Gasteiger partial charge is 0.421 e. The molecular weight excluding hydrogens is 182 g/mol. The lowest BCUT2D eigenvalue weighted by Crippen LogP contribution is -2.43. The summed E-state index contributed by atoms with van der Waals surface area (Å²) in [6, 6.07) is 0. The first-order valence-electron chi connectivity index (χ1n) is 2.95. The molecule has 1 aliphatic rings. The molecule has 70 valence electrons. The van der Waals surface area contributed by atoms with Gasteiger partial charge < -0.3 is 4.74 Å². The molecular formula is C5H5F4NO2. The van der Waals surface area contributed by atoms with Crippen LogP contribution in [0, 0.1) is 0 Å². The van der Waals surface area contributed by atoms with Crippen LogP contribution in [0.5, 0.6) is 0 Å². The fraction of sp³-hybridized carbons (Fsp3) is 0.800. The van der Waals surface area contributed by atoms with Gasteiger partial charge in [0.25, 0.3) is 5.54 Å². The first-order valence-corrected chi connectivity index (χ1v) is 2.95. The number of hydrogen-bond acceptors (Lipinski definition) is 3. The fourth-order valence-electron chi connectivity index (χ4n) is 0.841. The van der Waals surface area contributed by atoms with Gasteiger partial charge in [-0.15, -0.1) is 9.60 Å². The van der Waals surface area contributed by atoms with E-state index in [1.807, 2.05) is 0 Å². The van der Waals surface area contributed by atoms with E-state index in [1.165, 1.54) is 0 Å². The largest absolute Gasteiger partial charge is 0.467 e. The predicted octanol–water partition coefficient (Wildman–Crippen LogP) is 0.661. The Labute approximate surface area is 64.8 Å². The highest BCUT2D eigenvalue weighted by Gasteiger charge is 2.77. The summed E-state index contributed by atoms with van der Waals surface area (Å²) in [5, 5.41) is -0.598. The molecule has 0 bridgehead atoms. The predicted molar refractivity (Wildman–Crippen MR) is 28.6 cm³/mol. The highest BCUT2D eigenvalue weighted by atomic mass is 19.4. The zero-order valence-electron chi connectivity index (χ0n) is 5.98. The average Bonchev–Trinajstić information content (AvgIpc) is 2.60. The maximum absolute atomic E-state index is 12.2. The van der Waals surface area contributed by atoms with Crippen LogP contribution in [0.15, 0.2) is 0 Å². The molecule has 1 rings (SSSR count). The first kappa shape index (κ1) is 9.24. The van der Waals surface area contributed by atoms with Crippen molar-refractivity contribution in [1.29, 1.82) is 0 Å². The molecule has 2 atom stereocenters. The monoisotopic (exact) mass is 187 g/mol. The minimum absolute atomic E-state index is 0.598. The van der Waals surface area contributed by atoms with Crippen molar-refractivity contribution < 1.29 is 27.2 Å². The molecule has 12 heavy (non-hydrogen) atoms. The second-order valence-electron chi connectivity index (χ2n) is 2.37. The summed E-state index contributed by atoms with van der Waals surface area (Å²) >= 11 is 0. The van der Waals surface area contributed by atoms with E-state index >= 15 is 0 Å². The summed E-state index contributed by atoms with van der Waals surface area (Å²) in [5.74, 6) is -1.61. The van der Waals surface area contributed by atoms with Crippen molar-refractivity contribution in [3.63, 3.8) is 0 Å². The standard InChI is InChI=1S/C5H5F4NO2/c1-12-3(11)4(2-10(4)9)5(6,7)8/h2H2,1H3/t4-,10?/m1/s1. The lowest BCUT2D eigenvalue weighted by molar-refractivity contribution is -0.202. The zero-order valence-corrected chi connectivity index (χ0v) is 5.98. The molecule has 0 N–H and O–H groups in total. The lowest BCUT2D eigenvalue weighted by atomic mass is 10.1. The Balaban J connectivity index is 2.87. The van der Waals surface area contributed by atoms with E-state index in [0.717, 1.165) is 7.11 Å². The minimum atomic E-state index is -4.92. The molecule has 0 aliphatic carbocycles. The molecule has 1 aliphatic heterocycles. The van der Waals surface area contributed by atoms with Gasteiger partial charge in [0.2, 0.25) is 0 Å². The van der Waals surface area contributed by atoms with Crippen LogP contribution in [-0.2, 0) is 9.53 Å². The molecule has 1 unspecified atom stereocenters. The van der Waals surface area contributed by atoms with Gasteiger partial charge in [-0.2, -0.15) is 13.2 Å². The van der Waals surface area contributed by atoms with Gasteiger partial charge in [-0.3, -0.25) is 0 Å². The van der Waals surface area contributed by atoms with Crippen LogP contribution < -0.4 is 0 Å². The summed E-state index contributed by atoms with van der Waals surface area (Å²) in [4.78, 5) is 10.5. The van der Waals surface area contributed by atoms with Crippen LogP contribution in [0.1, 0.15) is 0 Å². The Hall–Kier alpha value is -0.850. The second kappa shape index (κ2) is 2.32. The maximum atomic E-state index is 12.2. The van der Waals surface area contributed by atoms with Crippen LogP contribution in [0.2, 0.25) is 0 Å². The Kier molecular flexibility index (Phi) is 1.78. The summed E-state index contributed by atoms with van der Waals surface area (Å²) in [6.07, 6.45) is -4.92. The Morgan fingerprint density at radius 2 is 2.00 bits per heavy atom. The molecule has 3 nitrogen and oxygen atoms in total. The third-order valence-electron chi connectivity index (χ3n) is 1.67. The van der Waals surface area contributed by atoms with Crippen LogP contribution in [-0.4, -0.2) is 36.5 Å². The van der Waals surface area contributed by atoms with Gasteiger partial charge in [-0.25, -0.2) is 4.79 Å². The van der Waals surface area contributed by atoms with Crippen LogP contribution in [0.25, 0.3) is 0 Å². The second-order valence-corrected chi connectivity index (χ2v) is 2.37. The number of hydrogen-bond donors (Lipinski definition) is 0. The number of ether oxygens (including phenoxy) is 1. The van der Waals surface area contributed by atoms with Crippen LogP contribution >= 0.6 is 0 Å². The number of rotatable bonds is 1. The molecule has 0 aromatic heterocycles. The number of methoxy groups -OCH3 is 1. The average molecular weight is 187 g/mol. The van der Waals surface area contributed by atoms with Gasteiger partial charge in [0.1, 0.15) is 0 Å². The summed E-state index contributed by atoms with van der Waals surface area (Å²) in [5.41, 5.74) is -3.04. The Bertz CT molecular complexity index is 216. The van der Waals surface area contributed by atoms with Crippen molar-refractivity contribution >= 4 is 5.97 Å². The van der Waals surface area contributed by atoms with E-state index in [4.69, 9.17) is 0 Å². The van der Waals surface area contributed by atoms with Gasteiger partial charge in [0, 0.05) is 0 Å². The number of alkyl halides is 3. The van der Waals surface area contributed by atoms with E-state index in [-0.39, 0.29) is 0 Å². The molecule has 1 fully saturated rings. The van der Waals surface area contributed by atoms with E-state index in [9.17, 15) is 22.4 Å². The third kappa shape index (κ3) is 0.961. The number of carbonyl (C=O) groups is 1. The van der Waals surface area contributed by atoms with Crippen molar-refractivity contribution in [1.82, 2.24) is 5.12 Å². The highest BCUT2D eigenvalue weighted by Crippen LogP contribution is 2.47. The van der Waals surface area contributed by atoms with Crippen LogP contribution in [0.3, 0.4) is 0 Å². The molecule has 0 saturated carbocycles. The highest BCUT2D eigenvalue weighted by molar-refractivity contribution is 5.85. The third-order valence-corrected chi connectivity index (χ3v) is 1.67. The molecule has 0 aromatic carbocycles. The summed E-state index contributed by atoms with van der Waals surface area (Å²) < 4.78 is 52.0. The van der Waals surface area contributed by atoms with Gasteiger partial charge >= 0.3 is 12.1 Å². The SMILES string of the molecule is COC(=O)[C@@]1(C(F)(F)F)CN1F. The number of carbonyl (C=O) groups excluding carboxylic acids is 1. The molecule has 7 heteroatoms. The topological polar surface area (TPSA) is 29.3 Å². The Morgan fingerprint density at radius 3 is 2.08 bits per heavy atom. The molecule has 0 radical (unpaired) electrons. The van der Waals surface area contributed by atoms with Crippen molar-refractivity contribution in [3.8, 4) is 0 Å². The minimum Gasteiger partial charge on any atom is -0.467 e. The fourth-order valence-corrected chi connectivity index (χ4v) is 0.841. The number of esters is 1.